The molecule has 0 amide bonds. The van der Waals surface area contributed by atoms with Crippen molar-refractivity contribution < 1.29 is 13.9 Å². The van der Waals surface area contributed by atoms with Crippen LogP contribution in [0.4, 0.5) is 0 Å². The fourth-order valence-electron chi connectivity index (χ4n) is 1.40. The summed E-state index contributed by atoms with van der Waals surface area (Å²) in [6, 6.07) is 11.2. The summed E-state index contributed by atoms with van der Waals surface area (Å²) in [5.41, 5.74) is 1.40. The van der Waals surface area contributed by atoms with Crippen molar-refractivity contribution in [1.82, 2.24) is 0 Å². The number of hydrogen-bond donors (Lipinski definition) is 0. The van der Waals surface area contributed by atoms with Gasteiger partial charge < -0.3 is 9.15 Å². The highest BCUT2D eigenvalue weighted by molar-refractivity contribution is 5.89. The highest BCUT2D eigenvalue weighted by Crippen LogP contribution is 2.18. The Labute approximate surface area is 93.7 Å². The maximum Gasteiger partial charge on any atom is 0.342 e. The molecule has 1 aromatic carbocycles. The normalized spacial score (nSPS) is 12.1. The average Bonchev–Trinajstić information content (AvgIpc) is 2.83. The Bertz CT molecular complexity index is 445. The van der Waals surface area contributed by atoms with Crippen molar-refractivity contribution in [3.8, 4) is 0 Å². The van der Waals surface area contributed by atoms with Crippen LogP contribution in [0.25, 0.3) is 0 Å². The Kier molecular flexibility index (Phi) is 3.05. The zero-order chi connectivity index (χ0) is 11.4. The van der Waals surface area contributed by atoms with Crippen LogP contribution in [0.3, 0.4) is 0 Å². The van der Waals surface area contributed by atoms with Crippen LogP contribution >= 0.6 is 0 Å². The molecule has 3 heteroatoms. The van der Waals surface area contributed by atoms with E-state index in [1.54, 1.807) is 6.07 Å². The molecular formula is C13H12O3. The number of hydrogen-bond acceptors (Lipinski definition) is 3. The van der Waals surface area contributed by atoms with Crippen LogP contribution in [0.15, 0.2) is 53.3 Å². The molecule has 82 valence electrons. The molecule has 3 nitrogen and oxygen atoms in total. The minimum atomic E-state index is -0.370. The highest BCUT2D eigenvalue weighted by Gasteiger charge is 2.13. The number of rotatable bonds is 3. The van der Waals surface area contributed by atoms with Crippen LogP contribution in [0.5, 0.6) is 0 Å². The minimum Gasteiger partial charge on any atom is -0.472 e. The van der Waals surface area contributed by atoms with Gasteiger partial charge in [-0.3, -0.25) is 0 Å². The summed E-state index contributed by atoms with van der Waals surface area (Å²) in [5.74, 6) is -0.370. The average molecular weight is 216 g/mol. The molecule has 0 aliphatic rings. The van der Waals surface area contributed by atoms with E-state index in [0.29, 0.717) is 5.56 Å². The molecule has 0 spiro atoms. The van der Waals surface area contributed by atoms with E-state index in [2.05, 4.69) is 0 Å². The molecule has 0 saturated heterocycles. The van der Waals surface area contributed by atoms with E-state index in [1.807, 2.05) is 37.3 Å². The lowest BCUT2D eigenvalue weighted by atomic mass is 10.1. The van der Waals surface area contributed by atoms with E-state index in [0.717, 1.165) is 5.56 Å². The van der Waals surface area contributed by atoms with Crippen LogP contribution in [0, 0.1) is 0 Å². The lowest BCUT2D eigenvalue weighted by molar-refractivity contribution is 0.0337. The zero-order valence-electron chi connectivity index (χ0n) is 8.92. The predicted molar refractivity (Wildman–Crippen MR) is 59.0 cm³/mol. The molecule has 0 fully saturated rings. The van der Waals surface area contributed by atoms with Gasteiger partial charge in [0.25, 0.3) is 0 Å². The molecule has 0 radical (unpaired) electrons. The summed E-state index contributed by atoms with van der Waals surface area (Å²) in [6.45, 7) is 1.84. The van der Waals surface area contributed by atoms with Gasteiger partial charge in [-0.25, -0.2) is 4.79 Å². The molecule has 0 bridgehead atoms. The van der Waals surface area contributed by atoms with Gasteiger partial charge in [0.05, 0.1) is 11.8 Å². The fraction of sp³-hybridized carbons (Fsp3) is 0.154. The van der Waals surface area contributed by atoms with Crippen molar-refractivity contribution >= 4 is 5.97 Å². The number of ether oxygens (including phenoxy) is 1. The van der Waals surface area contributed by atoms with Crippen LogP contribution in [-0.4, -0.2) is 5.97 Å². The largest absolute Gasteiger partial charge is 0.472 e. The van der Waals surface area contributed by atoms with Gasteiger partial charge in [-0.15, -0.1) is 0 Å². The summed E-state index contributed by atoms with van der Waals surface area (Å²) in [5, 5.41) is 0. The van der Waals surface area contributed by atoms with Crippen molar-refractivity contribution in [3.05, 3.63) is 60.1 Å². The summed E-state index contributed by atoms with van der Waals surface area (Å²) in [4.78, 5) is 11.6. The third kappa shape index (κ3) is 2.31. The maximum atomic E-state index is 11.6. The van der Waals surface area contributed by atoms with Gasteiger partial charge in [0, 0.05) is 0 Å². The van der Waals surface area contributed by atoms with Crippen molar-refractivity contribution in [1.29, 1.82) is 0 Å². The van der Waals surface area contributed by atoms with Gasteiger partial charge in [0.15, 0.2) is 0 Å². The number of carbonyl (C=O) groups excluding carboxylic acids is 1. The van der Waals surface area contributed by atoms with E-state index in [9.17, 15) is 4.79 Å². The molecule has 0 aliphatic heterocycles. The first-order chi connectivity index (χ1) is 7.77. The molecule has 1 heterocycles. The lowest BCUT2D eigenvalue weighted by Crippen LogP contribution is -2.08. The third-order valence-electron chi connectivity index (χ3n) is 2.31. The Balaban J connectivity index is 2.03. The van der Waals surface area contributed by atoms with Crippen LogP contribution < -0.4 is 0 Å². The third-order valence-corrected chi connectivity index (χ3v) is 2.31. The summed E-state index contributed by atoms with van der Waals surface area (Å²) in [6.07, 6.45) is 2.56. The fourth-order valence-corrected chi connectivity index (χ4v) is 1.40. The van der Waals surface area contributed by atoms with Gasteiger partial charge in [-0.05, 0) is 18.6 Å². The van der Waals surface area contributed by atoms with E-state index in [1.165, 1.54) is 12.5 Å². The first-order valence-corrected chi connectivity index (χ1v) is 5.05. The predicted octanol–water partition coefficient (Wildman–Crippen LogP) is 3.20. The van der Waals surface area contributed by atoms with Crippen molar-refractivity contribution in [2.75, 3.05) is 0 Å². The first-order valence-electron chi connectivity index (χ1n) is 5.05. The first kappa shape index (κ1) is 10.5. The summed E-state index contributed by atoms with van der Waals surface area (Å²) in [7, 11) is 0. The SMILES string of the molecule is C[C@@H](OC(=O)c1ccoc1)c1ccccc1. The summed E-state index contributed by atoms with van der Waals surface area (Å²) >= 11 is 0. The van der Waals surface area contributed by atoms with Gasteiger partial charge in [0.2, 0.25) is 0 Å². The molecule has 0 N–H and O–H groups in total. The van der Waals surface area contributed by atoms with Crippen molar-refractivity contribution in [3.63, 3.8) is 0 Å². The second kappa shape index (κ2) is 4.66. The van der Waals surface area contributed by atoms with Crippen LogP contribution in [0.1, 0.15) is 28.9 Å². The minimum absolute atomic E-state index is 0.261. The summed E-state index contributed by atoms with van der Waals surface area (Å²) < 4.78 is 10.1. The van der Waals surface area contributed by atoms with Crippen molar-refractivity contribution in [2.45, 2.75) is 13.0 Å². The molecule has 0 saturated carbocycles. The smallest absolute Gasteiger partial charge is 0.342 e. The quantitative estimate of drug-likeness (QED) is 0.739. The number of esters is 1. The standard InChI is InChI=1S/C13H12O3/c1-10(11-5-3-2-4-6-11)16-13(14)12-7-8-15-9-12/h2-10H,1H3/t10-/m1/s1. The second-order valence-corrected chi connectivity index (χ2v) is 3.47. The maximum absolute atomic E-state index is 11.6. The molecule has 2 rings (SSSR count). The van der Waals surface area contributed by atoms with Gasteiger partial charge in [-0.2, -0.15) is 0 Å². The molecule has 16 heavy (non-hydrogen) atoms. The van der Waals surface area contributed by atoms with Gasteiger partial charge in [-0.1, -0.05) is 30.3 Å². The second-order valence-electron chi connectivity index (χ2n) is 3.47. The molecule has 0 aliphatic carbocycles. The topological polar surface area (TPSA) is 39.4 Å². The van der Waals surface area contributed by atoms with Crippen LogP contribution in [0.2, 0.25) is 0 Å². The number of carbonyl (C=O) groups is 1. The molecular weight excluding hydrogens is 204 g/mol. The van der Waals surface area contributed by atoms with E-state index in [4.69, 9.17) is 9.15 Å². The monoisotopic (exact) mass is 216 g/mol. The molecule has 1 aromatic heterocycles. The Morgan fingerprint density at radius 2 is 2.00 bits per heavy atom. The van der Waals surface area contributed by atoms with E-state index < -0.39 is 0 Å². The Hall–Kier alpha value is -2.03. The van der Waals surface area contributed by atoms with E-state index >= 15 is 0 Å². The van der Waals surface area contributed by atoms with E-state index in [-0.39, 0.29) is 12.1 Å². The van der Waals surface area contributed by atoms with Gasteiger partial charge in [0.1, 0.15) is 12.4 Å². The molecule has 0 unspecified atom stereocenters. The Morgan fingerprint density at radius 3 is 2.62 bits per heavy atom. The zero-order valence-corrected chi connectivity index (χ0v) is 8.92. The number of furan rings is 1. The Morgan fingerprint density at radius 1 is 1.25 bits per heavy atom. The van der Waals surface area contributed by atoms with Crippen LogP contribution in [-0.2, 0) is 4.74 Å². The highest BCUT2D eigenvalue weighted by atomic mass is 16.5. The van der Waals surface area contributed by atoms with Gasteiger partial charge >= 0.3 is 5.97 Å². The molecule has 2 aromatic rings. The molecule has 1 atom stereocenters. The number of benzene rings is 1. The lowest BCUT2D eigenvalue weighted by Gasteiger charge is -2.12. The van der Waals surface area contributed by atoms with Crippen molar-refractivity contribution in [2.24, 2.45) is 0 Å².